The van der Waals surface area contributed by atoms with Crippen LogP contribution in [0.5, 0.6) is 23.0 Å². The van der Waals surface area contributed by atoms with Crippen LogP contribution in [0, 0.1) is 13.8 Å². The second-order valence-corrected chi connectivity index (χ2v) is 11.3. The molecule has 0 heterocycles. The molecule has 0 amide bonds. The van der Waals surface area contributed by atoms with E-state index in [0.717, 1.165) is 50.1 Å². The van der Waals surface area contributed by atoms with Crippen molar-refractivity contribution >= 4 is 37.2 Å². The van der Waals surface area contributed by atoms with E-state index in [-0.39, 0.29) is 40.8 Å². The van der Waals surface area contributed by atoms with Crippen LogP contribution in [0.1, 0.15) is 108 Å². The molecular weight excluding hydrogens is 738 g/mol. The number of hydrogen-bond acceptors (Lipinski definition) is 4. The molecular formula is C35H40I2O4. The minimum atomic E-state index is -0.139. The predicted octanol–water partition coefficient (Wildman–Crippen LogP) is 10.5. The summed E-state index contributed by atoms with van der Waals surface area (Å²) in [6.07, 6.45) is 0. The van der Waals surface area contributed by atoms with Gasteiger partial charge in [-0.25, -0.2) is 0 Å². The van der Waals surface area contributed by atoms with Crippen LogP contribution < -0.4 is 0 Å². The predicted molar refractivity (Wildman–Crippen MR) is 187 cm³/mol. The van der Waals surface area contributed by atoms with E-state index >= 15 is 0 Å². The summed E-state index contributed by atoms with van der Waals surface area (Å²) in [6, 6.07) is 21.0. The highest BCUT2D eigenvalue weighted by molar-refractivity contribution is 15.0. The van der Waals surface area contributed by atoms with Crippen LogP contribution >= 0.6 is 37.2 Å². The molecule has 4 aromatic carbocycles. The van der Waals surface area contributed by atoms with Crippen molar-refractivity contribution in [2.45, 2.75) is 72.1 Å². The van der Waals surface area contributed by atoms with E-state index in [1.807, 2.05) is 56.3 Å². The van der Waals surface area contributed by atoms with Gasteiger partial charge in [0.2, 0.25) is 0 Å². The lowest BCUT2D eigenvalue weighted by Gasteiger charge is -2.25. The second-order valence-electron chi connectivity index (χ2n) is 11.3. The van der Waals surface area contributed by atoms with Gasteiger partial charge in [0.05, 0.1) is 0 Å². The Morgan fingerprint density at radius 2 is 0.829 bits per heavy atom. The standard InChI is InChI=1S/C35H40O4.I2/c1-19(2)25-8-13-34(38)29(16-25)24(7)28-17-30(22(5)26-9-11-32(36)20(3)14-26)35(39)31(18-28)23(6)27-10-12-33(37)21(4)15-27;1-2/h8-19,22-24,36-39H,1-7H3;. The highest BCUT2D eigenvalue weighted by atomic mass is 128. The first-order valence-corrected chi connectivity index (χ1v) is 20.1. The van der Waals surface area contributed by atoms with Crippen molar-refractivity contribution in [2.24, 2.45) is 0 Å². The van der Waals surface area contributed by atoms with Gasteiger partial charge in [0.25, 0.3) is 0 Å². The molecule has 6 heteroatoms. The summed E-state index contributed by atoms with van der Waals surface area (Å²) in [5.41, 5.74) is 8.16. The van der Waals surface area contributed by atoms with Crippen molar-refractivity contribution in [3.63, 3.8) is 0 Å². The Morgan fingerprint density at radius 3 is 1.24 bits per heavy atom. The quantitative estimate of drug-likeness (QED) is 0.141. The topological polar surface area (TPSA) is 80.9 Å². The molecule has 0 aromatic heterocycles. The van der Waals surface area contributed by atoms with Crippen molar-refractivity contribution in [3.05, 3.63) is 117 Å². The number of halogens is 2. The molecule has 0 aliphatic carbocycles. The van der Waals surface area contributed by atoms with Gasteiger partial charge in [-0.15, -0.1) is 0 Å². The average molecular weight is 779 g/mol. The average Bonchev–Trinajstić information content (AvgIpc) is 2.96. The molecule has 0 saturated heterocycles. The summed E-state index contributed by atoms with van der Waals surface area (Å²) < 4.78 is 0. The summed E-state index contributed by atoms with van der Waals surface area (Å²) in [6.45, 7) is 14.2. The van der Waals surface area contributed by atoms with Crippen LogP contribution in [0.15, 0.2) is 66.7 Å². The van der Waals surface area contributed by atoms with E-state index < -0.39 is 0 Å². The first-order chi connectivity index (χ1) is 19.4. The van der Waals surface area contributed by atoms with Gasteiger partial charge in [0.1, 0.15) is 23.0 Å². The molecule has 0 aliphatic rings. The maximum absolute atomic E-state index is 11.7. The third-order valence-electron chi connectivity index (χ3n) is 8.25. The van der Waals surface area contributed by atoms with Gasteiger partial charge < -0.3 is 20.4 Å². The molecule has 0 spiro atoms. The van der Waals surface area contributed by atoms with Crippen LogP contribution in [-0.4, -0.2) is 20.4 Å². The summed E-state index contributed by atoms with van der Waals surface area (Å²) in [7, 11) is 0. The van der Waals surface area contributed by atoms with Gasteiger partial charge in [0.15, 0.2) is 0 Å². The summed E-state index contributed by atoms with van der Waals surface area (Å²) >= 11 is 4.24. The normalized spacial score (nSPS) is 13.3. The SMILES string of the molecule is Cc1cc(C(C)c2cc(C(C)c3cc(C(C)C)ccc3O)cc(C(C)c3ccc(O)c(C)c3)c2O)ccc1O.II. The van der Waals surface area contributed by atoms with Gasteiger partial charge >= 0.3 is 0 Å². The van der Waals surface area contributed by atoms with Gasteiger partial charge in [-0.3, -0.25) is 0 Å². The summed E-state index contributed by atoms with van der Waals surface area (Å²) in [5.74, 6) is 0.918. The molecule has 3 unspecified atom stereocenters. The number of rotatable bonds is 7. The van der Waals surface area contributed by atoms with Crippen LogP contribution in [0.3, 0.4) is 0 Å². The fraction of sp³-hybridized carbons (Fsp3) is 0.314. The number of phenolic OH excluding ortho intramolecular Hbond substituents is 4. The van der Waals surface area contributed by atoms with Crippen LogP contribution in [0.25, 0.3) is 0 Å². The Balaban J connectivity index is 0.00000226. The zero-order valence-corrected chi connectivity index (χ0v) is 29.0. The Hall–Kier alpha value is -2.46. The Morgan fingerprint density at radius 1 is 0.463 bits per heavy atom. The van der Waals surface area contributed by atoms with E-state index in [1.165, 1.54) is 0 Å². The smallest absolute Gasteiger partial charge is 0.123 e. The van der Waals surface area contributed by atoms with E-state index in [4.69, 9.17) is 0 Å². The van der Waals surface area contributed by atoms with E-state index in [9.17, 15) is 20.4 Å². The van der Waals surface area contributed by atoms with Crippen LogP contribution in [0.2, 0.25) is 0 Å². The second kappa shape index (κ2) is 14.1. The molecule has 0 saturated carbocycles. The van der Waals surface area contributed by atoms with Crippen molar-refractivity contribution in [1.82, 2.24) is 0 Å². The molecule has 0 radical (unpaired) electrons. The molecule has 4 aromatic rings. The summed E-state index contributed by atoms with van der Waals surface area (Å²) in [5, 5.41) is 42.7. The van der Waals surface area contributed by atoms with Crippen molar-refractivity contribution in [1.29, 1.82) is 0 Å². The van der Waals surface area contributed by atoms with E-state index in [2.05, 4.69) is 77.9 Å². The third kappa shape index (κ3) is 7.31. The molecule has 0 bridgehead atoms. The van der Waals surface area contributed by atoms with Gasteiger partial charge in [-0.2, -0.15) is 0 Å². The molecule has 41 heavy (non-hydrogen) atoms. The fourth-order valence-corrected chi connectivity index (χ4v) is 5.33. The molecule has 4 rings (SSSR count). The Labute approximate surface area is 267 Å². The molecule has 3 atom stereocenters. The van der Waals surface area contributed by atoms with Gasteiger partial charge in [-0.05, 0) is 71.3 Å². The minimum absolute atomic E-state index is 0.121. The van der Waals surface area contributed by atoms with E-state index in [1.54, 1.807) is 18.2 Å². The Kier molecular flexibility index (Phi) is 11.4. The monoisotopic (exact) mass is 778 g/mol. The third-order valence-corrected chi connectivity index (χ3v) is 8.25. The number of aromatic hydroxyl groups is 4. The number of benzene rings is 4. The lowest BCUT2D eigenvalue weighted by molar-refractivity contribution is 0.455. The maximum atomic E-state index is 11.7. The molecule has 0 aliphatic heterocycles. The van der Waals surface area contributed by atoms with Crippen molar-refractivity contribution in [3.8, 4) is 23.0 Å². The van der Waals surface area contributed by atoms with Crippen LogP contribution in [0.4, 0.5) is 0 Å². The van der Waals surface area contributed by atoms with Gasteiger partial charge in [-0.1, -0.05) is 83.1 Å². The molecule has 4 nitrogen and oxygen atoms in total. The largest absolute Gasteiger partial charge is 0.508 e. The fourth-order valence-electron chi connectivity index (χ4n) is 5.33. The zero-order valence-electron chi connectivity index (χ0n) is 24.7. The number of phenols is 4. The minimum Gasteiger partial charge on any atom is -0.508 e. The summed E-state index contributed by atoms with van der Waals surface area (Å²) in [4.78, 5) is 0. The van der Waals surface area contributed by atoms with Crippen LogP contribution in [-0.2, 0) is 0 Å². The Bertz CT molecular complexity index is 1430. The first kappa shape index (κ1) is 33.0. The highest BCUT2D eigenvalue weighted by Gasteiger charge is 2.25. The maximum Gasteiger partial charge on any atom is 0.123 e. The highest BCUT2D eigenvalue weighted by Crippen LogP contribution is 2.44. The van der Waals surface area contributed by atoms with Crippen molar-refractivity contribution < 1.29 is 20.4 Å². The zero-order chi connectivity index (χ0) is 30.6. The number of hydrogen-bond donors (Lipinski definition) is 4. The molecule has 4 N–H and O–H groups in total. The molecule has 218 valence electrons. The van der Waals surface area contributed by atoms with Crippen molar-refractivity contribution in [2.75, 3.05) is 0 Å². The van der Waals surface area contributed by atoms with Gasteiger partial charge in [0, 0.05) is 71.7 Å². The lowest BCUT2D eigenvalue weighted by Crippen LogP contribution is -2.07. The molecule has 0 fully saturated rings. The lowest BCUT2D eigenvalue weighted by atomic mass is 9.81. The van der Waals surface area contributed by atoms with E-state index in [0.29, 0.717) is 5.92 Å². The first-order valence-electron chi connectivity index (χ1n) is 13.8. The number of aryl methyl sites for hydroxylation is 2.